The molecule has 0 N–H and O–H groups in total. The summed E-state index contributed by atoms with van der Waals surface area (Å²) in [6.07, 6.45) is -0.269. The minimum atomic E-state index is -1.96. The molecule has 0 radical (unpaired) electrons. The first-order valence-electron chi connectivity index (χ1n) is 7.17. The van der Waals surface area contributed by atoms with Gasteiger partial charge in [-0.3, -0.25) is 4.79 Å². The summed E-state index contributed by atoms with van der Waals surface area (Å²) in [6, 6.07) is 0. The van der Waals surface area contributed by atoms with E-state index in [1.165, 1.54) is 0 Å². The van der Waals surface area contributed by atoms with Crippen molar-refractivity contribution in [3.8, 4) is 0 Å². The summed E-state index contributed by atoms with van der Waals surface area (Å²) < 4.78 is 0. The highest BCUT2D eigenvalue weighted by Gasteiger charge is 2.55. The second-order valence-corrected chi connectivity index (χ2v) is 5.73. The van der Waals surface area contributed by atoms with Gasteiger partial charge in [-0.2, -0.15) is 0 Å². The number of ketones is 1. The molecule has 1 saturated carbocycles. The van der Waals surface area contributed by atoms with Crippen LogP contribution in [0.25, 0.3) is 0 Å². The van der Waals surface area contributed by atoms with Gasteiger partial charge < -0.3 is 19.4 Å². The van der Waals surface area contributed by atoms with E-state index < -0.39 is 63.4 Å². The predicted octanol–water partition coefficient (Wildman–Crippen LogP) is -0.455. The Bertz CT molecular complexity index is 536. The van der Waals surface area contributed by atoms with E-state index in [1.54, 1.807) is 0 Å². The van der Waals surface area contributed by atoms with Crippen LogP contribution in [0.2, 0.25) is 0 Å². The molecule has 0 aliphatic heterocycles. The molecule has 0 amide bonds. The first-order valence-corrected chi connectivity index (χ1v) is 7.17. The molecule has 0 aromatic rings. The van der Waals surface area contributed by atoms with Gasteiger partial charge in [0, 0.05) is 0 Å². The standard InChI is InChI=1S/C10H14N4O13/c15-8-9(4-24-11(16)17,5-25-12(18)19)2-1-3-10(8,6-26-13(20)21)7-27-14(22)23/h1-7H2. The number of nitrogens with zero attached hydrogens (tertiary/aromatic N) is 4. The van der Waals surface area contributed by atoms with E-state index >= 15 is 0 Å². The van der Waals surface area contributed by atoms with Crippen LogP contribution in [0.15, 0.2) is 0 Å². The fourth-order valence-electron chi connectivity index (χ4n) is 2.89. The molecule has 0 spiro atoms. The van der Waals surface area contributed by atoms with E-state index in [9.17, 15) is 45.3 Å². The molecule has 1 aliphatic carbocycles. The van der Waals surface area contributed by atoms with E-state index in [2.05, 4.69) is 19.4 Å². The van der Waals surface area contributed by atoms with E-state index in [0.29, 0.717) is 0 Å². The average Bonchev–Trinajstić information content (AvgIpc) is 2.57. The number of hydrogen-bond acceptors (Lipinski definition) is 13. The highest BCUT2D eigenvalue weighted by Crippen LogP contribution is 2.44. The smallest absolute Gasteiger partial charge is 0.294 e. The summed E-state index contributed by atoms with van der Waals surface area (Å²) >= 11 is 0. The van der Waals surface area contributed by atoms with E-state index in [-0.39, 0.29) is 19.3 Å². The molecule has 152 valence electrons. The number of carbonyl (C=O) groups excluding carboxylic acids is 1. The molecule has 1 fully saturated rings. The molecule has 17 nitrogen and oxygen atoms in total. The van der Waals surface area contributed by atoms with Gasteiger partial charge in [-0.1, -0.05) is 6.42 Å². The second-order valence-electron chi connectivity index (χ2n) is 5.73. The van der Waals surface area contributed by atoms with Crippen LogP contribution >= 0.6 is 0 Å². The summed E-state index contributed by atoms with van der Waals surface area (Å²) in [4.78, 5) is 71.7. The van der Waals surface area contributed by atoms with Crippen LogP contribution in [0.3, 0.4) is 0 Å². The zero-order chi connectivity index (χ0) is 20.7. The van der Waals surface area contributed by atoms with Crippen molar-refractivity contribution in [1.82, 2.24) is 0 Å². The fraction of sp³-hybridized carbons (Fsp3) is 0.900. The van der Waals surface area contributed by atoms with Gasteiger partial charge in [0.25, 0.3) is 20.3 Å². The van der Waals surface area contributed by atoms with E-state index in [1.807, 2.05) is 0 Å². The molecule has 0 bridgehead atoms. The molecule has 0 saturated heterocycles. The Kier molecular flexibility index (Phi) is 6.95. The Labute approximate surface area is 148 Å². The van der Waals surface area contributed by atoms with Gasteiger partial charge in [0.15, 0.2) is 5.78 Å². The van der Waals surface area contributed by atoms with Gasteiger partial charge in [0.1, 0.15) is 26.4 Å². The van der Waals surface area contributed by atoms with Crippen molar-refractivity contribution in [2.24, 2.45) is 10.8 Å². The molecule has 0 aromatic heterocycles. The third-order valence-electron chi connectivity index (χ3n) is 4.06. The number of rotatable bonds is 12. The molecule has 1 rings (SSSR count). The van der Waals surface area contributed by atoms with Crippen molar-refractivity contribution >= 4 is 5.78 Å². The zero-order valence-corrected chi connectivity index (χ0v) is 13.5. The van der Waals surface area contributed by atoms with Gasteiger partial charge in [-0.15, -0.1) is 40.5 Å². The van der Waals surface area contributed by atoms with Gasteiger partial charge >= 0.3 is 0 Å². The van der Waals surface area contributed by atoms with Crippen molar-refractivity contribution in [1.29, 1.82) is 0 Å². The van der Waals surface area contributed by atoms with Crippen LogP contribution in [0.1, 0.15) is 19.3 Å². The molecule has 17 heteroatoms. The lowest BCUT2D eigenvalue weighted by Gasteiger charge is -2.44. The number of Topliss-reactive ketones (excluding diaryl/α,β-unsaturated/α-hetero) is 1. The topological polar surface area (TPSA) is 227 Å². The highest BCUT2D eigenvalue weighted by atomic mass is 17.0. The number of hydrogen-bond donors (Lipinski definition) is 0. The summed E-state index contributed by atoms with van der Waals surface area (Å²) in [6.45, 7) is -3.81. The normalized spacial score (nSPS) is 17.4. The summed E-state index contributed by atoms with van der Waals surface area (Å²) in [7, 11) is 0. The third kappa shape index (κ3) is 5.75. The van der Waals surface area contributed by atoms with Crippen LogP contribution < -0.4 is 0 Å². The largest absolute Gasteiger partial charge is 0.313 e. The van der Waals surface area contributed by atoms with Crippen molar-refractivity contribution in [3.05, 3.63) is 40.5 Å². The predicted molar refractivity (Wildman–Crippen MR) is 75.5 cm³/mol. The lowest BCUT2D eigenvalue weighted by molar-refractivity contribution is -0.773. The molecule has 0 aromatic carbocycles. The molecular formula is C10H14N4O13. The van der Waals surface area contributed by atoms with Gasteiger partial charge in [-0.05, 0) is 12.8 Å². The summed E-state index contributed by atoms with van der Waals surface area (Å²) in [5, 5.41) is 37.0. The van der Waals surface area contributed by atoms with E-state index in [0.717, 1.165) is 0 Å². The number of carbonyl (C=O) groups is 1. The Morgan fingerprint density at radius 1 is 0.667 bits per heavy atom. The van der Waals surface area contributed by atoms with Crippen molar-refractivity contribution in [2.45, 2.75) is 19.3 Å². The molecular weight excluding hydrogens is 384 g/mol. The lowest BCUT2D eigenvalue weighted by Crippen LogP contribution is -2.56. The van der Waals surface area contributed by atoms with Gasteiger partial charge in [0.05, 0.1) is 10.8 Å². The van der Waals surface area contributed by atoms with Gasteiger partial charge in [0.2, 0.25) is 0 Å². The van der Waals surface area contributed by atoms with E-state index in [4.69, 9.17) is 0 Å². The molecule has 1 aliphatic rings. The first-order chi connectivity index (χ1) is 12.5. The Balaban J connectivity index is 3.22. The summed E-state index contributed by atoms with van der Waals surface area (Å²) in [5.74, 6) is -1.03. The maximum absolute atomic E-state index is 13.0. The van der Waals surface area contributed by atoms with Crippen molar-refractivity contribution < 1.29 is 44.5 Å². The highest BCUT2D eigenvalue weighted by molar-refractivity contribution is 5.91. The summed E-state index contributed by atoms with van der Waals surface area (Å²) in [5.41, 5.74) is -3.92. The van der Waals surface area contributed by atoms with Crippen LogP contribution in [-0.4, -0.2) is 52.6 Å². The molecule has 0 unspecified atom stereocenters. The SMILES string of the molecule is O=C1C(CO[N+](=O)[O-])(CO[N+](=O)[O-])CCCC1(CO[N+](=O)[O-])CO[N+](=O)[O-]. The van der Waals surface area contributed by atoms with Crippen LogP contribution in [0.5, 0.6) is 0 Å². The molecule has 27 heavy (non-hydrogen) atoms. The van der Waals surface area contributed by atoms with Crippen molar-refractivity contribution in [2.75, 3.05) is 26.4 Å². The quantitative estimate of drug-likeness (QED) is 0.300. The van der Waals surface area contributed by atoms with Crippen LogP contribution in [0, 0.1) is 51.3 Å². The molecule has 0 heterocycles. The fourth-order valence-corrected chi connectivity index (χ4v) is 2.89. The zero-order valence-electron chi connectivity index (χ0n) is 13.5. The van der Waals surface area contributed by atoms with Gasteiger partial charge in [-0.25, -0.2) is 0 Å². The Morgan fingerprint density at radius 2 is 0.926 bits per heavy atom. The molecule has 0 atom stereocenters. The Morgan fingerprint density at radius 3 is 1.15 bits per heavy atom. The maximum Gasteiger partial charge on any atom is 0.294 e. The first kappa shape index (κ1) is 21.5. The monoisotopic (exact) mass is 398 g/mol. The minimum absolute atomic E-state index is 0.0516. The lowest BCUT2D eigenvalue weighted by atomic mass is 9.62. The average molecular weight is 398 g/mol. The van der Waals surface area contributed by atoms with Crippen LogP contribution in [-0.2, 0) is 24.1 Å². The Hall–Kier alpha value is -3.53. The van der Waals surface area contributed by atoms with Crippen LogP contribution in [0.4, 0.5) is 0 Å². The minimum Gasteiger partial charge on any atom is -0.313 e. The van der Waals surface area contributed by atoms with Crippen molar-refractivity contribution in [3.63, 3.8) is 0 Å². The second kappa shape index (κ2) is 8.72. The maximum atomic E-state index is 13.0. The third-order valence-corrected chi connectivity index (χ3v) is 4.06.